The Morgan fingerprint density at radius 3 is 2.53 bits per heavy atom. The predicted molar refractivity (Wildman–Crippen MR) is 62.0 cm³/mol. The molecule has 3 heteroatoms. The van der Waals surface area contributed by atoms with Crippen LogP contribution in [0.1, 0.15) is 5.56 Å². The van der Waals surface area contributed by atoms with E-state index >= 15 is 0 Å². The van der Waals surface area contributed by atoms with Crippen molar-refractivity contribution in [3.8, 4) is 0 Å². The molecule has 0 fully saturated rings. The summed E-state index contributed by atoms with van der Waals surface area (Å²) in [5.74, 6) is 0.253. The predicted octanol–water partition coefficient (Wildman–Crippen LogP) is -0.306. The summed E-state index contributed by atoms with van der Waals surface area (Å²) in [6, 6.07) is 14.4. The lowest BCUT2D eigenvalue weighted by atomic mass is 10.1. The van der Waals surface area contributed by atoms with Crippen LogP contribution >= 0.6 is 0 Å². The minimum absolute atomic E-state index is 0.253. The summed E-state index contributed by atoms with van der Waals surface area (Å²) in [5, 5.41) is 2.46. The second kappa shape index (κ2) is 4.00. The van der Waals surface area contributed by atoms with E-state index in [1.807, 2.05) is 18.2 Å². The van der Waals surface area contributed by atoms with E-state index < -0.39 is 0 Å². The van der Waals surface area contributed by atoms with Crippen LogP contribution in [0.5, 0.6) is 0 Å². The zero-order valence-corrected chi connectivity index (χ0v) is 8.40. The SMILES string of the molecule is NC(N)=[NH+]Cc1cccc2ccccc12. The van der Waals surface area contributed by atoms with Crippen LogP contribution in [0, 0.1) is 0 Å². The van der Waals surface area contributed by atoms with Crippen LogP contribution in [0.2, 0.25) is 0 Å². The second-order valence-corrected chi connectivity index (χ2v) is 3.45. The van der Waals surface area contributed by atoms with Crippen LogP contribution < -0.4 is 16.5 Å². The van der Waals surface area contributed by atoms with Crippen LogP contribution in [0.25, 0.3) is 10.8 Å². The summed E-state index contributed by atoms with van der Waals surface area (Å²) in [4.78, 5) is 2.93. The van der Waals surface area contributed by atoms with Gasteiger partial charge in [0, 0.05) is 0 Å². The summed E-state index contributed by atoms with van der Waals surface area (Å²) in [5.41, 5.74) is 11.9. The number of nitrogens with two attached hydrogens (primary N) is 2. The van der Waals surface area contributed by atoms with Crippen LogP contribution in [-0.4, -0.2) is 5.96 Å². The zero-order valence-electron chi connectivity index (χ0n) is 8.40. The number of benzene rings is 2. The molecule has 0 unspecified atom stereocenters. The Morgan fingerprint density at radius 2 is 1.73 bits per heavy atom. The molecule has 5 N–H and O–H groups in total. The summed E-state index contributed by atoms with van der Waals surface area (Å²) < 4.78 is 0. The Hall–Kier alpha value is -2.03. The molecule has 0 atom stereocenters. The highest BCUT2D eigenvalue weighted by Crippen LogP contribution is 2.17. The molecule has 2 rings (SSSR count). The highest BCUT2D eigenvalue weighted by molar-refractivity contribution is 5.85. The molecular weight excluding hydrogens is 186 g/mol. The molecule has 0 bridgehead atoms. The maximum absolute atomic E-state index is 5.37. The summed E-state index contributed by atoms with van der Waals surface area (Å²) in [6.07, 6.45) is 0. The fourth-order valence-electron chi connectivity index (χ4n) is 1.64. The lowest BCUT2D eigenvalue weighted by Crippen LogP contribution is -2.76. The van der Waals surface area contributed by atoms with Crippen molar-refractivity contribution >= 4 is 16.7 Å². The molecule has 0 aliphatic carbocycles. The van der Waals surface area contributed by atoms with Crippen molar-refractivity contribution in [2.24, 2.45) is 11.5 Å². The summed E-state index contributed by atoms with van der Waals surface area (Å²) >= 11 is 0. The molecule has 0 saturated heterocycles. The van der Waals surface area contributed by atoms with Gasteiger partial charge in [0.05, 0.1) is 6.54 Å². The van der Waals surface area contributed by atoms with Gasteiger partial charge >= 0.3 is 5.96 Å². The van der Waals surface area contributed by atoms with Crippen LogP contribution in [0.15, 0.2) is 42.5 Å². The van der Waals surface area contributed by atoms with E-state index in [1.54, 1.807) is 0 Å². The van der Waals surface area contributed by atoms with Crippen LogP contribution in [-0.2, 0) is 6.54 Å². The molecule has 0 amide bonds. The van der Waals surface area contributed by atoms with Gasteiger partial charge in [-0.05, 0) is 16.3 Å². The number of rotatable bonds is 2. The van der Waals surface area contributed by atoms with Gasteiger partial charge in [0.15, 0.2) is 0 Å². The van der Waals surface area contributed by atoms with Crippen molar-refractivity contribution in [3.63, 3.8) is 0 Å². The Kier molecular flexibility index (Phi) is 2.54. The van der Waals surface area contributed by atoms with Crippen LogP contribution in [0.3, 0.4) is 0 Å². The zero-order chi connectivity index (χ0) is 10.7. The first kappa shape index (κ1) is 9.52. The molecular formula is C12H14N3+. The minimum atomic E-state index is 0.253. The fraction of sp³-hybridized carbons (Fsp3) is 0.0833. The lowest BCUT2D eigenvalue weighted by molar-refractivity contribution is -0.476. The summed E-state index contributed by atoms with van der Waals surface area (Å²) in [6.45, 7) is 0.656. The molecule has 15 heavy (non-hydrogen) atoms. The smallest absolute Gasteiger partial charge is 0.291 e. The van der Waals surface area contributed by atoms with E-state index in [0.717, 1.165) is 0 Å². The number of hydrogen-bond donors (Lipinski definition) is 3. The van der Waals surface area contributed by atoms with E-state index in [1.165, 1.54) is 16.3 Å². The highest BCUT2D eigenvalue weighted by atomic mass is 15.0. The van der Waals surface area contributed by atoms with E-state index in [4.69, 9.17) is 11.5 Å². The molecule has 0 heterocycles. The molecule has 0 radical (unpaired) electrons. The Labute approximate surface area is 88.4 Å². The third-order valence-corrected chi connectivity index (χ3v) is 2.36. The van der Waals surface area contributed by atoms with Crippen molar-refractivity contribution in [3.05, 3.63) is 48.0 Å². The first-order valence-corrected chi connectivity index (χ1v) is 4.86. The first-order valence-electron chi connectivity index (χ1n) is 4.86. The largest absolute Gasteiger partial charge is 0.339 e. The standard InChI is InChI=1S/C12H13N3/c13-12(14)15-8-10-6-3-5-9-4-1-2-7-11(9)10/h1-7H,8H2,(H4,13,14,15)/p+1. The third kappa shape index (κ3) is 2.07. The molecule has 76 valence electrons. The van der Waals surface area contributed by atoms with Gasteiger partial charge in [-0.3, -0.25) is 16.5 Å². The quantitative estimate of drug-likeness (QED) is 0.460. The van der Waals surface area contributed by atoms with Crippen molar-refractivity contribution in [1.82, 2.24) is 0 Å². The van der Waals surface area contributed by atoms with Gasteiger partial charge in [-0.15, -0.1) is 0 Å². The van der Waals surface area contributed by atoms with Crippen LogP contribution in [0.4, 0.5) is 0 Å². The molecule has 0 spiro atoms. The molecule has 2 aromatic carbocycles. The monoisotopic (exact) mass is 200 g/mol. The van der Waals surface area contributed by atoms with Crippen molar-refractivity contribution in [2.45, 2.75) is 6.54 Å². The van der Waals surface area contributed by atoms with E-state index in [9.17, 15) is 0 Å². The molecule has 3 nitrogen and oxygen atoms in total. The number of guanidine groups is 1. The van der Waals surface area contributed by atoms with Gasteiger partial charge in [-0.25, -0.2) is 0 Å². The maximum Gasteiger partial charge on any atom is 0.339 e. The molecule has 0 aromatic heterocycles. The van der Waals surface area contributed by atoms with Gasteiger partial charge < -0.3 is 0 Å². The maximum atomic E-state index is 5.37. The average Bonchev–Trinajstić information content (AvgIpc) is 2.26. The van der Waals surface area contributed by atoms with Crippen molar-refractivity contribution in [2.75, 3.05) is 0 Å². The first-order chi connectivity index (χ1) is 7.27. The van der Waals surface area contributed by atoms with E-state index in [0.29, 0.717) is 6.54 Å². The minimum Gasteiger partial charge on any atom is -0.291 e. The Balaban J connectivity index is 2.47. The normalized spacial score (nSPS) is 10.1. The van der Waals surface area contributed by atoms with Gasteiger partial charge in [-0.2, -0.15) is 0 Å². The van der Waals surface area contributed by atoms with Gasteiger partial charge in [0.25, 0.3) is 0 Å². The van der Waals surface area contributed by atoms with Gasteiger partial charge in [-0.1, -0.05) is 42.5 Å². The fourth-order valence-corrected chi connectivity index (χ4v) is 1.64. The topological polar surface area (TPSA) is 66.0 Å². The average molecular weight is 200 g/mol. The van der Waals surface area contributed by atoms with E-state index in [2.05, 4.69) is 29.3 Å². The van der Waals surface area contributed by atoms with E-state index in [-0.39, 0.29) is 5.96 Å². The Morgan fingerprint density at radius 1 is 1.00 bits per heavy atom. The van der Waals surface area contributed by atoms with Crippen molar-refractivity contribution in [1.29, 1.82) is 0 Å². The number of fused-ring (bicyclic) bond motifs is 1. The molecule has 2 aromatic rings. The highest BCUT2D eigenvalue weighted by Gasteiger charge is 1.99. The molecule has 0 aliphatic rings. The van der Waals surface area contributed by atoms with Gasteiger partial charge in [0.1, 0.15) is 0 Å². The molecule has 0 saturated carbocycles. The lowest BCUT2D eigenvalue weighted by Gasteiger charge is -2.02. The molecule has 0 aliphatic heterocycles. The Bertz CT molecular complexity index is 494. The van der Waals surface area contributed by atoms with Crippen molar-refractivity contribution < 1.29 is 4.99 Å². The second-order valence-electron chi connectivity index (χ2n) is 3.45. The van der Waals surface area contributed by atoms with Gasteiger partial charge in [0.2, 0.25) is 0 Å². The third-order valence-electron chi connectivity index (χ3n) is 2.36. The number of hydrogen-bond acceptors (Lipinski definition) is 0. The summed E-state index contributed by atoms with van der Waals surface area (Å²) in [7, 11) is 0. The number of nitrogens with one attached hydrogen (secondary N) is 1.